The molecule has 2 aliphatic rings. The highest BCUT2D eigenvalue weighted by Crippen LogP contribution is 2.49. The summed E-state index contributed by atoms with van der Waals surface area (Å²) in [6.45, 7) is 0. The van der Waals surface area contributed by atoms with Crippen molar-refractivity contribution in [1.29, 1.82) is 0 Å². The van der Waals surface area contributed by atoms with Gasteiger partial charge in [-0.05, 0) is 48.2 Å². The first-order chi connectivity index (χ1) is 15.9. The summed E-state index contributed by atoms with van der Waals surface area (Å²) in [5.41, 5.74) is 2.77. The lowest BCUT2D eigenvalue weighted by Crippen LogP contribution is -2.31. The Bertz CT molecular complexity index is 1360. The second-order valence-electron chi connectivity index (χ2n) is 8.16. The van der Waals surface area contributed by atoms with E-state index in [1.807, 2.05) is 18.2 Å². The average molecular weight is 512 g/mol. The molecule has 0 saturated heterocycles. The fourth-order valence-electron chi connectivity index (χ4n) is 4.83. The van der Waals surface area contributed by atoms with Gasteiger partial charge < -0.3 is 19.9 Å². The number of benzene rings is 2. The zero-order valence-corrected chi connectivity index (χ0v) is 19.6. The molecule has 170 valence electrons. The van der Waals surface area contributed by atoms with Gasteiger partial charge in [0, 0.05) is 27.7 Å². The molecule has 5 rings (SSSR count). The SMILES string of the molecule is COc1ccc(C2CC(=O)C3=C(C2)Nc2[nH][nH]c(=O)c2C3c2cc(Br)ccc2O)cc1OC. The summed E-state index contributed by atoms with van der Waals surface area (Å²) in [5, 5.41) is 19.4. The quantitative estimate of drug-likeness (QED) is 0.418. The summed E-state index contributed by atoms with van der Waals surface area (Å²) in [4.78, 5) is 26.2. The van der Waals surface area contributed by atoms with Gasteiger partial charge in [0.2, 0.25) is 0 Å². The Labute approximate surface area is 197 Å². The molecule has 9 heteroatoms. The minimum Gasteiger partial charge on any atom is -0.508 e. The van der Waals surface area contributed by atoms with Gasteiger partial charge in [0.25, 0.3) is 5.56 Å². The maximum atomic E-state index is 13.5. The van der Waals surface area contributed by atoms with Crippen LogP contribution in [0.3, 0.4) is 0 Å². The first-order valence-corrected chi connectivity index (χ1v) is 11.2. The molecular formula is C24H22BrN3O5. The van der Waals surface area contributed by atoms with Gasteiger partial charge >= 0.3 is 0 Å². The minimum atomic E-state index is -0.678. The monoisotopic (exact) mass is 511 g/mol. The van der Waals surface area contributed by atoms with Gasteiger partial charge in [-0.25, -0.2) is 0 Å². The van der Waals surface area contributed by atoms with Crippen molar-refractivity contribution >= 4 is 27.5 Å². The van der Waals surface area contributed by atoms with E-state index in [0.29, 0.717) is 40.4 Å². The number of hydrogen-bond donors (Lipinski definition) is 4. The number of aromatic hydroxyl groups is 1. The lowest BCUT2D eigenvalue weighted by Gasteiger charge is -2.35. The van der Waals surface area contributed by atoms with E-state index in [2.05, 4.69) is 31.4 Å². The van der Waals surface area contributed by atoms with Gasteiger partial charge in [-0.15, -0.1) is 0 Å². The van der Waals surface area contributed by atoms with E-state index in [1.54, 1.807) is 32.4 Å². The molecule has 3 aromatic rings. The number of carbonyl (C=O) groups excluding carboxylic acids is 1. The Balaban J connectivity index is 1.61. The number of aromatic amines is 2. The van der Waals surface area contributed by atoms with Crippen molar-refractivity contribution < 1.29 is 19.4 Å². The van der Waals surface area contributed by atoms with Crippen molar-refractivity contribution in [3.05, 3.63) is 79.2 Å². The van der Waals surface area contributed by atoms with E-state index in [0.717, 1.165) is 15.7 Å². The molecular weight excluding hydrogens is 490 g/mol. The summed E-state index contributed by atoms with van der Waals surface area (Å²) in [6.07, 6.45) is 0.841. The number of hydrogen-bond acceptors (Lipinski definition) is 6. The zero-order valence-electron chi connectivity index (χ0n) is 18.0. The third-order valence-corrected chi connectivity index (χ3v) is 6.85. The predicted molar refractivity (Wildman–Crippen MR) is 126 cm³/mol. The number of carbonyl (C=O) groups is 1. The molecule has 1 aromatic heterocycles. The highest BCUT2D eigenvalue weighted by atomic mass is 79.9. The van der Waals surface area contributed by atoms with Crippen molar-refractivity contribution in [1.82, 2.24) is 10.2 Å². The minimum absolute atomic E-state index is 0.0262. The average Bonchev–Trinajstić information content (AvgIpc) is 3.19. The second kappa shape index (κ2) is 8.15. The lowest BCUT2D eigenvalue weighted by molar-refractivity contribution is -0.116. The van der Waals surface area contributed by atoms with Gasteiger partial charge in [0.1, 0.15) is 11.6 Å². The molecule has 0 amide bonds. The number of H-pyrrole nitrogens is 2. The number of anilines is 1. The molecule has 1 aliphatic heterocycles. The number of methoxy groups -OCH3 is 2. The van der Waals surface area contributed by atoms with Crippen molar-refractivity contribution in [2.75, 3.05) is 19.5 Å². The van der Waals surface area contributed by atoms with Crippen LogP contribution >= 0.6 is 15.9 Å². The van der Waals surface area contributed by atoms with E-state index < -0.39 is 5.92 Å². The fraction of sp³-hybridized carbons (Fsp3) is 0.250. The topological polar surface area (TPSA) is 116 Å². The summed E-state index contributed by atoms with van der Waals surface area (Å²) in [7, 11) is 3.16. The van der Waals surface area contributed by atoms with Crippen molar-refractivity contribution in [2.24, 2.45) is 0 Å². The van der Waals surface area contributed by atoms with Crippen LogP contribution in [0, 0.1) is 0 Å². The number of aromatic nitrogens is 2. The van der Waals surface area contributed by atoms with Crippen LogP contribution in [-0.2, 0) is 4.79 Å². The number of phenols is 1. The van der Waals surface area contributed by atoms with E-state index >= 15 is 0 Å². The van der Waals surface area contributed by atoms with Crippen LogP contribution in [0.25, 0.3) is 0 Å². The highest BCUT2D eigenvalue weighted by Gasteiger charge is 2.41. The number of phenolic OH excluding ortho intramolecular Hbond substituents is 1. The van der Waals surface area contributed by atoms with Crippen LogP contribution in [0.2, 0.25) is 0 Å². The Hall–Kier alpha value is -3.46. The molecule has 0 spiro atoms. The number of Topliss-reactive ketones (excluding diaryl/α,β-unsaturated/α-hetero) is 1. The molecule has 8 nitrogen and oxygen atoms in total. The predicted octanol–water partition coefficient (Wildman–Crippen LogP) is 4.15. The molecule has 2 aromatic carbocycles. The Morgan fingerprint density at radius 2 is 1.79 bits per heavy atom. The van der Waals surface area contributed by atoms with Crippen molar-refractivity contribution in [3.63, 3.8) is 0 Å². The second-order valence-corrected chi connectivity index (χ2v) is 9.08. The van der Waals surface area contributed by atoms with Crippen LogP contribution in [0.15, 0.2) is 56.9 Å². The standard InChI is InChI=1S/C24H22BrN3O5/c1-32-18-6-3-11(9-19(18)33-2)12-7-15-21(17(30)8-12)20(14-10-13(25)4-5-16(14)29)22-23(26-15)27-28-24(22)31/h3-6,9-10,12,20,29H,7-8H2,1-2H3,(H3,26,27,28,31). The summed E-state index contributed by atoms with van der Waals surface area (Å²) in [5.74, 6) is 0.934. The lowest BCUT2D eigenvalue weighted by atomic mass is 9.72. The molecule has 0 saturated carbocycles. The Morgan fingerprint density at radius 3 is 2.55 bits per heavy atom. The van der Waals surface area contributed by atoms with Crippen molar-refractivity contribution in [3.8, 4) is 17.2 Å². The molecule has 1 aliphatic carbocycles. The third-order valence-electron chi connectivity index (χ3n) is 6.36. The number of halogens is 1. The molecule has 2 heterocycles. The van der Waals surface area contributed by atoms with E-state index in [-0.39, 0.29) is 29.4 Å². The molecule has 4 N–H and O–H groups in total. The molecule has 2 unspecified atom stereocenters. The number of ketones is 1. The molecule has 0 fully saturated rings. The van der Waals surface area contributed by atoms with Crippen LogP contribution in [-0.4, -0.2) is 35.3 Å². The molecule has 33 heavy (non-hydrogen) atoms. The van der Waals surface area contributed by atoms with Gasteiger partial charge in [-0.2, -0.15) is 0 Å². The number of ether oxygens (including phenoxy) is 2. The highest BCUT2D eigenvalue weighted by molar-refractivity contribution is 9.10. The molecule has 0 bridgehead atoms. The third kappa shape index (κ3) is 3.52. The maximum absolute atomic E-state index is 13.5. The first kappa shape index (κ1) is 21.4. The fourth-order valence-corrected chi connectivity index (χ4v) is 5.21. The smallest absolute Gasteiger partial charge is 0.270 e. The largest absolute Gasteiger partial charge is 0.508 e. The van der Waals surface area contributed by atoms with Crippen LogP contribution < -0.4 is 20.3 Å². The maximum Gasteiger partial charge on any atom is 0.270 e. The normalized spacial score (nSPS) is 19.5. The first-order valence-electron chi connectivity index (χ1n) is 10.4. The van der Waals surface area contributed by atoms with Gasteiger partial charge in [0.05, 0.1) is 25.7 Å². The molecule has 0 radical (unpaired) electrons. The number of allylic oxidation sites excluding steroid dienone is 2. The van der Waals surface area contributed by atoms with Gasteiger partial charge in [0.15, 0.2) is 17.3 Å². The van der Waals surface area contributed by atoms with Crippen LogP contribution in [0.4, 0.5) is 5.82 Å². The summed E-state index contributed by atoms with van der Waals surface area (Å²) < 4.78 is 11.5. The van der Waals surface area contributed by atoms with Crippen LogP contribution in [0.1, 0.15) is 41.4 Å². The number of nitrogens with one attached hydrogen (secondary N) is 3. The number of fused-ring (bicyclic) bond motifs is 1. The van der Waals surface area contributed by atoms with Gasteiger partial charge in [-0.3, -0.25) is 19.8 Å². The van der Waals surface area contributed by atoms with Crippen LogP contribution in [0.5, 0.6) is 17.2 Å². The van der Waals surface area contributed by atoms with E-state index in [4.69, 9.17) is 9.47 Å². The van der Waals surface area contributed by atoms with E-state index in [9.17, 15) is 14.7 Å². The van der Waals surface area contributed by atoms with E-state index in [1.165, 1.54) is 0 Å². The van der Waals surface area contributed by atoms with Gasteiger partial charge in [-0.1, -0.05) is 22.0 Å². The summed E-state index contributed by atoms with van der Waals surface area (Å²) >= 11 is 3.44. The Kier molecular flexibility index (Phi) is 5.28. The Morgan fingerprint density at radius 1 is 1.00 bits per heavy atom. The number of rotatable bonds is 4. The zero-order chi connectivity index (χ0) is 23.3. The summed E-state index contributed by atoms with van der Waals surface area (Å²) in [6, 6.07) is 10.7. The molecule has 2 atom stereocenters. The van der Waals surface area contributed by atoms with Crippen molar-refractivity contribution in [2.45, 2.75) is 24.7 Å².